The quantitative estimate of drug-likeness (QED) is 0.732. The Morgan fingerprint density at radius 3 is 2.57 bits per heavy atom. The van der Waals surface area contributed by atoms with Crippen molar-refractivity contribution in [1.29, 1.82) is 0 Å². The molecule has 0 fully saturated rings. The molecule has 1 aliphatic rings. The number of allylic oxidation sites excluding steroid dienone is 6. The van der Waals surface area contributed by atoms with Crippen LogP contribution in [0.15, 0.2) is 57.3 Å². The Bertz CT molecular complexity index is 1070. The van der Waals surface area contributed by atoms with Crippen LogP contribution in [0.2, 0.25) is 0 Å². The molecule has 4 nitrogen and oxygen atoms in total. The zero-order chi connectivity index (χ0) is 20.4. The van der Waals surface area contributed by atoms with Crippen LogP contribution in [-0.4, -0.2) is 5.91 Å². The molecule has 1 N–H and O–H groups in total. The summed E-state index contributed by atoms with van der Waals surface area (Å²) in [4.78, 5) is 25.3. The van der Waals surface area contributed by atoms with Crippen LogP contribution in [0, 0.1) is 5.92 Å². The smallest absolute Gasteiger partial charge is 0.226 e. The van der Waals surface area contributed by atoms with Crippen molar-refractivity contribution in [3.8, 4) is 0 Å². The maximum atomic E-state index is 13.4. The third kappa shape index (κ3) is 4.01. The molecular weight excluding hydrogens is 350 g/mol. The SMILES string of the molecule is CC1=CC=C(c2c(C(C)C)oc3cc(NC(=O)C(C)C)ccc3c2=O)CC=C1. The van der Waals surface area contributed by atoms with Gasteiger partial charge in [0.2, 0.25) is 5.91 Å². The predicted molar refractivity (Wildman–Crippen MR) is 116 cm³/mol. The van der Waals surface area contributed by atoms with Gasteiger partial charge in [-0.2, -0.15) is 0 Å². The Hall–Kier alpha value is -2.88. The van der Waals surface area contributed by atoms with E-state index in [2.05, 4.69) is 17.5 Å². The molecule has 0 saturated carbocycles. The van der Waals surface area contributed by atoms with Gasteiger partial charge in [-0.05, 0) is 31.1 Å². The fourth-order valence-corrected chi connectivity index (χ4v) is 3.20. The lowest BCUT2D eigenvalue weighted by atomic mass is 9.94. The molecule has 1 aromatic heterocycles. The number of anilines is 1. The van der Waals surface area contributed by atoms with E-state index in [4.69, 9.17) is 4.42 Å². The first-order valence-corrected chi connectivity index (χ1v) is 9.74. The minimum atomic E-state index is -0.122. The van der Waals surface area contributed by atoms with Crippen LogP contribution in [0.4, 0.5) is 5.69 Å². The first-order chi connectivity index (χ1) is 13.3. The summed E-state index contributed by atoms with van der Waals surface area (Å²) in [6.45, 7) is 9.75. The second-order valence-electron chi connectivity index (χ2n) is 7.89. The molecule has 0 aliphatic heterocycles. The zero-order valence-corrected chi connectivity index (χ0v) is 17.1. The van der Waals surface area contributed by atoms with Gasteiger partial charge >= 0.3 is 0 Å². The standard InChI is InChI=1S/C24H27NO3/c1-14(2)23-21(17-8-6-7-16(5)9-10-17)22(26)19-12-11-18(13-20(19)28-23)25-24(27)15(3)4/h6-7,9-15H,8H2,1-5H3,(H,25,27). The monoisotopic (exact) mass is 377 g/mol. The van der Waals surface area contributed by atoms with Crippen molar-refractivity contribution in [2.45, 2.75) is 47.0 Å². The molecule has 3 rings (SSSR count). The average Bonchev–Trinajstić information content (AvgIpc) is 2.85. The lowest BCUT2D eigenvalue weighted by Gasteiger charge is -2.15. The summed E-state index contributed by atoms with van der Waals surface area (Å²) in [5, 5.41) is 3.39. The van der Waals surface area contributed by atoms with Crippen LogP contribution in [0.25, 0.3) is 16.5 Å². The second kappa shape index (κ2) is 8.01. The first kappa shape index (κ1) is 19.9. The number of rotatable bonds is 4. The molecule has 1 amide bonds. The molecular formula is C24H27NO3. The summed E-state index contributed by atoms with van der Waals surface area (Å²) in [5.41, 5.74) is 3.86. The molecule has 2 aromatic rings. The summed E-state index contributed by atoms with van der Waals surface area (Å²) in [6.07, 6.45) is 8.86. The Morgan fingerprint density at radius 2 is 1.89 bits per heavy atom. The summed E-state index contributed by atoms with van der Waals surface area (Å²) in [7, 11) is 0. The van der Waals surface area contributed by atoms with Gasteiger partial charge in [0, 0.05) is 23.6 Å². The third-order valence-corrected chi connectivity index (χ3v) is 4.82. The summed E-state index contributed by atoms with van der Waals surface area (Å²) >= 11 is 0. The Labute approximate surface area is 165 Å². The molecule has 0 bridgehead atoms. The maximum absolute atomic E-state index is 13.4. The summed E-state index contributed by atoms with van der Waals surface area (Å²) < 4.78 is 6.20. The molecule has 1 aliphatic carbocycles. The van der Waals surface area contributed by atoms with E-state index < -0.39 is 0 Å². The van der Waals surface area contributed by atoms with E-state index in [1.807, 2.05) is 46.8 Å². The third-order valence-electron chi connectivity index (χ3n) is 4.82. The Morgan fingerprint density at radius 1 is 1.14 bits per heavy atom. The van der Waals surface area contributed by atoms with Gasteiger partial charge in [0.25, 0.3) is 0 Å². The molecule has 1 heterocycles. The molecule has 28 heavy (non-hydrogen) atoms. The van der Waals surface area contributed by atoms with E-state index in [-0.39, 0.29) is 23.2 Å². The van der Waals surface area contributed by atoms with Crippen LogP contribution in [0.3, 0.4) is 0 Å². The number of hydrogen-bond donors (Lipinski definition) is 1. The van der Waals surface area contributed by atoms with Crippen LogP contribution >= 0.6 is 0 Å². The zero-order valence-electron chi connectivity index (χ0n) is 17.1. The number of benzene rings is 1. The van der Waals surface area contributed by atoms with Gasteiger partial charge in [-0.3, -0.25) is 9.59 Å². The van der Waals surface area contributed by atoms with Gasteiger partial charge in [-0.25, -0.2) is 0 Å². The van der Waals surface area contributed by atoms with Crippen molar-refractivity contribution in [2.75, 3.05) is 5.32 Å². The molecule has 0 saturated heterocycles. The number of fused-ring (bicyclic) bond motifs is 1. The summed E-state index contributed by atoms with van der Waals surface area (Å²) in [6, 6.07) is 5.22. The van der Waals surface area contributed by atoms with Gasteiger partial charge in [0.15, 0.2) is 5.43 Å². The van der Waals surface area contributed by atoms with Gasteiger partial charge in [0.1, 0.15) is 11.3 Å². The minimum Gasteiger partial charge on any atom is -0.460 e. The van der Waals surface area contributed by atoms with Crippen LogP contribution in [0.5, 0.6) is 0 Å². The largest absolute Gasteiger partial charge is 0.460 e. The van der Waals surface area contributed by atoms with Gasteiger partial charge in [0.05, 0.1) is 10.9 Å². The molecule has 1 aromatic carbocycles. The normalized spacial score (nSPS) is 14.2. The van der Waals surface area contributed by atoms with Gasteiger partial charge < -0.3 is 9.73 Å². The average molecular weight is 377 g/mol. The Kier molecular flexibility index (Phi) is 5.68. The van der Waals surface area contributed by atoms with E-state index in [1.54, 1.807) is 18.2 Å². The molecule has 0 atom stereocenters. The lowest BCUT2D eigenvalue weighted by Crippen LogP contribution is -2.18. The van der Waals surface area contributed by atoms with Gasteiger partial charge in [-0.1, -0.05) is 57.6 Å². The first-order valence-electron chi connectivity index (χ1n) is 9.74. The number of carbonyl (C=O) groups is 1. The van der Waals surface area contributed by atoms with E-state index in [0.29, 0.717) is 34.4 Å². The van der Waals surface area contributed by atoms with E-state index in [1.165, 1.54) is 0 Å². The maximum Gasteiger partial charge on any atom is 0.226 e. The minimum absolute atomic E-state index is 0.0284. The molecule has 4 heteroatoms. The number of carbonyl (C=O) groups excluding carboxylic acids is 1. The topological polar surface area (TPSA) is 59.3 Å². The van der Waals surface area contributed by atoms with Crippen LogP contribution < -0.4 is 10.7 Å². The highest BCUT2D eigenvalue weighted by Gasteiger charge is 2.20. The number of amides is 1. The Balaban J connectivity index is 2.17. The van der Waals surface area contributed by atoms with Crippen molar-refractivity contribution >= 4 is 28.1 Å². The lowest BCUT2D eigenvalue weighted by molar-refractivity contribution is -0.118. The van der Waals surface area contributed by atoms with E-state index in [0.717, 1.165) is 11.1 Å². The summed E-state index contributed by atoms with van der Waals surface area (Å²) in [5.74, 6) is 0.541. The van der Waals surface area contributed by atoms with Crippen molar-refractivity contribution in [1.82, 2.24) is 0 Å². The molecule has 0 radical (unpaired) electrons. The predicted octanol–water partition coefficient (Wildman–Crippen LogP) is 5.80. The fraction of sp³-hybridized carbons (Fsp3) is 0.333. The van der Waals surface area contributed by atoms with Gasteiger partial charge in [-0.15, -0.1) is 0 Å². The molecule has 0 spiro atoms. The van der Waals surface area contributed by atoms with E-state index in [9.17, 15) is 9.59 Å². The highest BCUT2D eigenvalue weighted by molar-refractivity contribution is 5.94. The van der Waals surface area contributed by atoms with E-state index >= 15 is 0 Å². The van der Waals surface area contributed by atoms with Crippen molar-refractivity contribution in [2.24, 2.45) is 5.92 Å². The van der Waals surface area contributed by atoms with Crippen LogP contribution in [-0.2, 0) is 4.79 Å². The molecule has 146 valence electrons. The molecule has 0 unspecified atom stereocenters. The van der Waals surface area contributed by atoms with Crippen molar-refractivity contribution in [3.05, 3.63) is 69.6 Å². The van der Waals surface area contributed by atoms with Crippen molar-refractivity contribution in [3.63, 3.8) is 0 Å². The highest BCUT2D eigenvalue weighted by atomic mass is 16.3. The number of nitrogens with one attached hydrogen (secondary N) is 1. The van der Waals surface area contributed by atoms with Crippen molar-refractivity contribution < 1.29 is 9.21 Å². The highest BCUT2D eigenvalue weighted by Crippen LogP contribution is 2.31. The fourth-order valence-electron chi connectivity index (χ4n) is 3.20. The van der Waals surface area contributed by atoms with Crippen LogP contribution in [0.1, 0.15) is 58.3 Å². The second-order valence-corrected chi connectivity index (χ2v) is 7.89. The number of hydrogen-bond acceptors (Lipinski definition) is 3.